The Labute approximate surface area is 177 Å². The normalized spacial score (nSPS) is 12.0. The first kappa shape index (κ1) is 19.9. The number of nitrogens with zero attached hydrogens (tertiary/aromatic N) is 3. The highest BCUT2D eigenvalue weighted by molar-refractivity contribution is 8.00. The second-order valence-electron chi connectivity index (χ2n) is 6.81. The second kappa shape index (κ2) is 8.54. The average Bonchev–Trinajstić information content (AvgIpc) is 3.44. The number of anilines is 1. The van der Waals surface area contributed by atoms with Gasteiger partial charge >= 0.3 is 0 Å². The average molecular weight is 420 g/mol. The molecule has 152 valence electrons. The lowest BCUT2D eigenvalue weighted by Crippen LogP contribution is -2.23. The number of aryl methyl sites for hydroxylation is 2. The van der Waals surface area contributed by atoms with E-state index in [1.54, 1.807) is 43.7 Å². The van der Waals surface area contributed by atoms with Gasteiger partial charge in [0.2, 0.25) is 11.1 Å². The van der Waals surface area contributed by atoms with Crippen molar-refractivity contribution in [1.82, 2.24) is 15.2 Å². The smallest absolute Gasteiger partial charge is 0.237 e. The molecule has 7 nitrogen and oxygen atoms in total. The molecule has 3 aromatic heterocycles. The molecule has 3 heterocycles. The Balaban J connectivity index is 1.55. The number of thioether (sulfide) groups is 1. The molecule has 1 amide bonds. The molecule has 0 fully saturated rings. The summed E-state index contributed by atoms with van der Waals surface area (Å²) < 4.78 is 11.0. The highest BCUT2D eigenvalue weighted by Crippen LogP contribution is 2.31. The maximum atomic E-state index is 12.7. The van der Waals surface area contributed by atoms with Crippen LogP contribution in [0.3, 0.4) is 0 Å². The highest BCUT2D eigenvalue weighted by atomic mass is 32.2. The van der Waals surface area contributed by atoms with Crippen LogP contribution in [0.2, 0.25) is 0 Å². The number of carbonyl (C=O) groups is 1. The lowest BCUT2D eigenvalue weighted by atomic mass is 10.1. The first-order chi connectivity index (χ1) is 14.5. The van der Waals surface area contributed by atoms with Crippen molar-refractivity contribution in [2.45, 2.75) is 31.2 Å². The Morgan fingerprint density at radius 2 is 1.70 bits per heavy atom. The fourth-order valence-electron chi connectivity index (χ4n) is 2.93. The van der Waals surface area contributed by atoms with Crippen molar-refractivity contribution in [3.63, 3.8) is 0 Å². The molecule has 4 rings (SSSR count). The van der Waals surface area contributed by atoms with E-state index in [0.29, 0.717) is 28.1 Å². The minimum absolute atomic E-state index is 0.134. The summed E-state index contributed by atoms with van der Waals surface area (Å²) in [5.41, 5.74) is 3.94. The minimum atomic E-state index is -0.425. The molecule has 1 unspecified atom stereocenters. The maximum absolute atomic E-state index is 12.7. The van der Waals surface area contributed by atoms with Crippen LogP contribution in [0.25, 0.3) is 22.9 Å². The molecule has 0 bridgehead atoms. The third-order valence-electron chi connectivity index (χ3n) is 4.47. The van der Waals surface area contributed by atoms with Crippen molar-refractivity contribution < 1.29 is 13.6 Å². The van der Waals surface area contributed by atoms with Crippen LogP contribution in [0.4, 0.5) is 5.69 Å². The summed E-state index contributed by atoms with van der Waals surface area (Å²) in [6.45, 7) is 5.79. The van der Waals surface area contributed by atoms with Crippen LogP contribution in [-0.4, -0.2) is 26.3 Å². The Kier molecular flexibility index (Phi) is 5.67. The van der Waals surface area contributed by atoms with Crippen LogP contribution in [0, 0.1) is 13.8 Å². The number of amides is 1. The van der Waals surface area contributed by atoms with Gasteiger partial charge in [0.25, 0.3) is 0 Å². The first-order valence-corrected chi connectivity index (χ1v) is 10.3. The SMILES string of the molecule is Cc1ccc(NC(=O)C(C)Sc2nnc(-c3ccco3)c(-c3ccco3)n2)c(C)c1. The number of nitrogens with one attached hydrogen (secondary N) is 1. The van der Waals surface area contributed by atoms with Crippen LogP contribution in [0.15, 0.2) is 69.0 Å². The van der Waals surface area contributed by atoms with Gasteiger partial charge in [-0.1, -0.05) is 29.5 Å². The van der Waals surface area contributed by atoms with Gasteiger partial charge in [0.05, 0.1) is 17.8 Å². The van der Waals surface area contributed by atoms with E-state index < -0.39 is 5.25 Å². The van der Waals surface area contributed by atoms with Gasteiger partial charge < -0.3 is 14.2 Å². The fourth-order valence-corrected chi connectivity index (χ4v) is 3.64. The molecular formula is C22H20N4O3S. The van der Waals surface area contributed by atoms with Crippen molar-refractivity contribution in [2.24, 2.45) is 0 Å². The van der Waals surface area contributed by atoms with E-state index in [0.717, 1.165) is 16.8 Å². The number of rotatable bonds is 6. The zero-order valence-electron chi connectivity index (χ0n) is 16.7. The molecule has 0 spiro atoms. The summed E-state index contributed by atoms with van der Waals surface area (Å²) in [7, 11) is 0. The standard InChI is InChI=1S/C22H20N4O3S/c1-13-8-9-16(14(2)12-13)23-21(27)15(3)30-22-24-19(17-6-4-10-28-17)20(25-26-22)18-7-5-11-29-18/h4-12,15H,1-3H3,(H,23,27). The van der Waals surface area contributed by atoms with Gasteiger partial charge in [-0.2, -0.15) is 0 Å². The lowest BCUT2D eigenvalue weighted by molar-refractivity contribution is -0.115. The maximum Gasteiger partial charge on any atom is 0.237 e. The van der Waals surface area contributed by atoms with Gasteiger partial charge in [-0.25, -0.2) is 4.98 Å². The van der Waals surface area contributed by atoms with Gasteiger partial charge in [-0.15, -0.1) is 10.2 Å². The summed E-state index contributed by atoms with van der Waals surface area (Å²) in [5.74, 6) is 0.953. The van der Waals surface area contributed by atoms with Crippen molar-refractivity contribution in [3.05, 3.63) is 66.1 Å². The van der Waals surface area contributed by atoms with E-state index >= 15 is 0 Å². The highest BCUT2D eigenvalue weighted by Gasteiger charge is 2.21. The molecule has 0 aliphatic heterocycles. The Hall–Kier alpha value is -3.39. The van der Waals surface area contributed by atoms with Crippen molar-refractivity contribution in [3.8, 4) is 22.9 Å². The molecular weight excluding hydrogens is 400 g/mol. The number of hydrogen-bond donors (Lipinski definition) is 1. The number of furan rings is 2. The molecule has 1 atom stereocenters. The summed E-state index contributed by atoms with van der Waals surface area (Å²) in [6, 6.07) is 13.0. The largest absolute Gasteiger partial charge is 0.463 e. The van der Waals surface area contributed by atoms with Crippen LogP contribution < -0.4 is 5.32 Å². The summed E-state index contributed by atoms with van der Waals surface area (Å²) in [6.07, 6.45) is 3.13. The predicted molar refractivity (Wildman–Crippen MR) is 115 cm³/mol. The van der Waals surface area contributed by atoms with Gasteiger partial charge in [0, 0.05) is 5.69 Å². The Morgan fingerprint density at radius 3 is 2.33 bits per heavy atom. The topological polar surface area (TPSA) is 94.1 Å². The van der Waals surface area contributed by atoms with E-state index in [4.69, 9.17) is 8.83 Å². The number of carbonyl (C=O) groups excluding carboxylic acids is 1. The van der Waals surface area contributed by atoms with Crippen LogP contribution in [0.1, 0.15) is 18.1 Å². The van der Waals surface area contributed by atoms with E-state index in [9.17, 15) is 4.79 Å². The summed E-state index contributed by atoms with van der Waals surface area (Å²) in [5, 5.41) is 11.4. The van der Waals surface area contributed by atoms with E-state index in [-0.39, 0.29) is 5.91 Å². The van der Waals surface area contributed by atoms with Gasteiger partial charge in [-0.05, 0) is 56.7 Å². The van der Waals surface area contributed by atoms with Gasteiger partial charge in [0.1, 0.15) is 5.69 Å². The van der Waals surface area contributed by atoms with Crippen molar-refractivity contribution >= 4 is 23.4 Å². The molecule has 1 N–H and O–H groups in total. The van der Waals surface area contributed by atoms with E-state index in [1.807, 2.05) is 32.0 Å². The minimum Gasteiger partial charge on any atom is -0.463 e. The molecule has 30 heavy (non-hydrogen) atoms. The number of hydrogen-bond acceptors (Lipinski definition) is 7. The predicted octanol–water partition coefficient (Wildman–Crippen LogP) is 5.13. The summed E-state index contributed by atoms with van der Waals surface area (Å²) >= 11 is 1.23. The fraction of sp³-hybridized carbons (Fsp3) is 0.182. The number of aromatic nitrogens is 3. The van der Waals surface area contributed by atoms with E-state index in [1.165, 1.54) is 11.8 Å². The Bertz CT molecular complexity index is 1160. The Morgan fingerprint density at radius 1 is 1.00 bits per heavy atom. The molecule has 4 aromatic rings. The molecule has 0 saturated heterocycles. The zero-order valence-corrected chi connectivity index (χ0v) is 17.6. The van der Waals surface area contributed by atoms with Gasteiger partial charge in [0.15, 0.2) is 17.2 Å². The summed E-state index contributed by atoms with van der Waals surface area (Å²) in [4.78, 5) is 17.3. The lowest BCUT2D eigenvalue weighted by Gasteiger charge is -2.13. The van der Waals surface area contributed by atoms with Crippen molar-refractivity contribution in [2.75, 3.05) is 5.32 Å². The quantitative estimate of drug-likeness (QED) is 0.432. The molecule has 0 aliphatic carbocycles. The molecule has 8 heteroatoms. The monoisotopic (exact) mass is 420 g/mol. The van der Waals surface area contributed by atoms with Crippen LogP contribution >= 0.6 is 11.8 Å². The first-order valence-electron chi connectivity index (χ1n) is 9.38. The molecule has 0 aliphatic rings. The van der Waals surface area contributed by atoms with E-state index in [2.05, 4.69) is 20.5 Å². The molecule has 0 saturated carbocycles. The third-order valence-corrected chi connectivity index (χ3v) is 5.42. The number of benzene rings is 1. The molecule has 0 radical (unpaired) electrons. The zero-order chi connectivity index (χ0) is 21.1. The third kappa shape index (κ3) is 4.28. The van der Waals surface area contributed by atoms with Crippen LogP contribution in [-0.2, 0) is 4.79 Å². The second-order valence-corrected chi connectivity index (χ2v) is 8.12. The molecule has 1 aromatic carbocycles. The van der Waals surface area contributed by atoms with Crippen LogP contribution in [0.5, 0.6) is 0 Å². The van der Waals surface area contributed by atoms with Crippen molar-refractivity contribution in [1.29, 1.82) is 0 Å². The van der Waals surface area contributed by atoms with Gasteiger partial charge in [-0.3, -0.25) is 4.79 Å².